The van der Waals surface area contributed by atoms with Gasteiger partial charge in [-0.25, -0.2) is 0 Å². The molecule has 0 spiro atoms. The van der Waals surface area contributed by atoms with E-state index in [1.165, 1.54) is 78.7 Å². The second-order valence-electron chi connectivity index (χ2n) is 16.7. The maximum atomic E-state index is 7.08. The molecular formula is C58H48N4. The van der Waals surface area contributed by atoms with Crippen molar-refractivity contribution in [1.82, 2.24) is 13.7 Å². The fourth-order valence-corrected chi connectivity index (χ4v) is 9.81. The fraction of sp³-hybridized carbons (Fsp3) is 0.103. The number of nitrogen functional groups attached to an aromatic ring is 1. The summed E-state index contributed by atoms with van der Waals surface area (Å²) in [6.45, 7) is 6.47. The Bertz CT molecular complexity index is 3520. The van der Waals surface area contributed by atoms with E-state index in [1.54, 1.807) is 0 Å². The van der Waals surface area contributed by atoms with Crippen molar-refractivity contribution in [2.75, 3.05) is 5.73 Å². The van der Waals surface area contributed by atoms with Crippen LogP contribution in [0.2, 0.25) is 0 Å². The molecule has 3 aromatic heterocycles. The number of hydrogen-bond donors (Lipinski definition) is 1. The van der Waals surface area contributed by atoms with Gasteiger partial charge in [0.25, 0.3) is 0 Å². The number of para-hydroxylation sites is 3. The van der Waals surface area contributed by atoms with Gasteiger partial charge in [0.15, 0.2) is 0 Å². The molecule has 0 atom stereocenters. The summed E-state index contributed by atoms with van der Waals surface area (Å²) in [5.41, 5.74) is 24.6. The van der Waals surface area contributed by atoms with E-state index in [0.717, 1.165) is 56.9 Å². The van der Waals surface area contributed by atoms with Crippen molar-refractivity contribution < 1.29 is 0 Å². The average Bonchev–Trinajstić information content (AvgIpc) is 3.92. The molecule has 8 aromatic carbocycles. The van der Waals surface area contributed by atoms with E-state index in [2.05, 4.69) is 223 Å². The Morgan fingerprint density at radius 1 is 0.484 bits per heavy atom. The Morgan fingerprint density at radius 2 is 1.05 bits per heavy atom. The predicted molar refractivity (Wildman–Crippen MR) is 265 cm³/mol. The molecule has 11 rings (SSSR count). The third-order valence-electron chi connectivity index (χ3n) is 12.8. The van der Waals surface area contributed by atoms with E-state index in [0.29, 0.717) is 0 Å². The first-order valence-corrected chi connectivity index (χ1v) is 21.9. The summed E-state index contributed by atoms with van der Waals surface area (Å²) in [6.07, 6.45) is 7.78. The third kappa shape index (κ3) is 6.05. The van der Waals surface area contributed by atoms with Gasteiger partial charge in [0.05, 0.1) is 33.3 Å². The standard InChI is InChI=1S/C58H48N4/c1-4-6-14-39-22-24-40(25-23-39)41-26-29-43(30-27-41)61-56-33-28-42(36-50(56)48(13-5-2)58(61)59)45-15-7-10-18-52(45)62-54-20-12-9-17-47(54)51-37-44(31-34-57(51)62)60-53-19-11-8-16-46(53)49-35-38(3)21-32-55(49)60/h5,7-13,15-37H,4,6,14,59H2,1-3H3/b13-5-. The predicted octanol–water partition coefficient (Wildman–Crippen LogP) is 15.4. The lowest BCUT2D eigenvalue weighted by atomic mass is 10.00. The highest BCUT2D eigenvalue weighted by atomic mass is 15.1. The molecule has 0 aliphatic carbocycles. The first-order valence-electron chi connectivity index (χ1n) is 21.9. The van der Waals surface area contributed by atoms with E-state index in [1.807, 2.05) is 0 Å². The van der Waals surface area contributed by atoms with Crippen molar-refractivity contribution in [2.45, 2.75) is 40.0 Å². The third-order valence-corrected chi connectivity index (χ3v) is 12.8. The van der Waals surface area contributed by atoms with Gasteiger partial charge in [-0.3, -0.25) is 4.57 Å². The summed E-state index contributed by atoms with van der Waals surface area (Å²) in [5, 5.41) is 6.11. The minimum atomic E-state index is 0.730. The molecule has 62 heavy (non-hydrogen) atoms. The van der Waals surface area contributed by atoms with Gasteiger partial charge >= 0.3 is 0 Å². The van der Waals surface area contributed by atoms with Gasteiger partial charge in [0, 0.05) is 49.4 Å². The molecule has 0 saturated carbocycles. The van der Waals surface area contributed by atoms with E-state index < -0.39 is 0 Å². The van der Waals surface area contributed by atoms with Gasteiger partial charge in [-0.2, -0.15) is 0 Å². The number of rotatable bonds is 9. The van der Waals surface area contributed by atoms with Gasteiger partial charge < -0.3 is 14.9 Å². The van der Waals surface area contributed by atoms with Crippen LogP contribution in [0, 0.1) is 6.92 Å². The van der Waals surface area contributed by atoms with Crippen LogP contribution in [0.25, 0.3) is 99.9 Å². The van der Waals surface area contributed by atoms with Crippen LogP contribution in [-0.4, -0.2) is 13.7 Å². The highest BCUT2D eigenvalue weighted by Gasteiger charge is 2.20. The summed E-state index contributed by atoms with van der Waals surface area (Å²) < 4.78 is 7.05. The summed E-state index contributed by atoms with van der Waals surface area (Å²) >= 11 is 0. The van der Waals surface area contributed by atoms with Crippen LogP contribution >= 0.6 is 0 Å². The Balaban J connectivity index is 1.02. The van der Waals surface area contributed by atoms with Gasteiger partial charge in [0.1, 0.15) is 5.82 Å². The molecule has 11 aromatic rings. The molecule has 0 amide bonds. The van der Waals surface area contributed by atoms with Gasteiger partial charge in [-0.15, -0.1) is 0 Å². The van der Waals surface area contributed by atoms with Crippen LogP contribution in [0.4, 0.5) is 5.82 Å². The minimum Gasteiger partial charge on any atom is -0.384 e. The average molecular weight is 801 g/mol. The fourth-order valence-electron chi connectivity index (χ4n) is 9.81. The number of anilines is 1. The van der Waals surface area contributed by atoms with Gasteiger partial charge in [-0.1, -0.05) is 134 Å². The Morgan fingerprint density at radius 3 is 1.79 bits per heavy atom. The number of fused-ring (bicyclic) bond motifs is 7. The normalized spacial score (nSPS) is 12.0. The Kier molecular flexibility index (Phi) is 9.16. The number of unbranched alkanes of at least 4 members (excludes halogenated alkanes) is 1. The van der Waals surface area contributed by atoms with Crippen LogP contribution in [0.1, 0.15) is 43.4 Å². The Labute approximate surface area is 362 Å². The molecule has 4 heteroatoms. The molecule has 0 aliphatic heterocycles. The molecule has 3 heterocycles. The summed E-state index contributed by atoms with van der Waals surface area (Å²) in [4.78, 5) is 0. The molecule has 0 bridgehead atoms. The first kappa shape index (κ1) is 37.4. The van der Waals surface area contributed by atoms with Crippen LogP contribution in [0.5, 0.6) is 0 Å². The minimum absolute atomic E-state index is 0.730. The maximum Gasteiger partial charge on any atom is 0.116 e. The lowest BCUT2D eigenvalue weighted by Gasteiger charge is -2.15. The number of aromatic nitrogens is 3. The molecule has 0 aliphatic rings. The molecule has 0 fully saturated rings. The van der Waals surface area contributed by atoms with Gasteiger partial charge in [-0.05, 0) is 122 Å². The van der Waals surface area contributed by atoms with Crippen molar-refractivity contribution >= 4 is 66.4 Å². The second kappa shape index (κ2) is 15.2. The van der Waals surface area contributed by atoms with Crippen LogP contribution < -0.4 is 5.73 Å². The zero-order valence-electron chi connectivity index (χ0n) is 35.4. The number of nitrogens with zero attached hydrogens (tertiary/aromatic N) is 3. The van der Waals surface area contributed by atoms with Crippen molar-refractivity contribution in [2.24, 2.45) is 0 Å². The number of nitrogens with two attached hydrogens (primary N) is 1. The maximum absolute atomic E-state index is 7.08. The number of aryl methyl sites for hydroxylation is 2. The zero-order chi connectivity index (χ0) is 41.9. The summed E-state index contributed by atoms with van der Waals surface area (Å²) in [7, 11) is 0. The second-order valence-corrected chi connectivity index (χ2v) is 16.7. The number of benzene rings is 8. The zero-order valence-corrected chi connectivity index (χ0v) is 35.4. The van der Waals surface area contributed by atoms with Crippen molar-refractivity contribution in [3.8, 4) is 39.3 Å². The number of hydrogen-bond acceptors (Lipinski definition) is 1. The Hall–Kier alpha value is -7.56. The van der Waals surface area contributed by atoms with Crippen LogP contribution in [-0.2, 0) is 6.42 Å². The highest BCUT2D eigenvalue weighted by molar-refractivity contribution is 6.13. The molecule has 300 valence electrons. The quantitative estimate of drug-likeness (QED) is 0.155. The molecule has 4 nitrogen and oxygen atoms in total. The molecule has 0 radical (unpaired) electrons. The lowest BCUT2D eigenvalue weighted by Crippen LogP contribution is -2.00. The summed E-state index contributed by atoms with van der Waals surface area (Å²) in [6, 6.07) is 64.7. The monoisotopic (exact) mass is 800 g/mol. The smallest absolute Gasteiger partial charge is 0.116 e. The van der Waals surface area contributed by atoms with Crippen molar-refractivity contribution in [1.29, 1.82) is 0 Å². The van der Waals surface area contributed by atoms with Crippen molar-refractivity contribution in [3.05, 3.63) is 199 Å². The molecular weight excluding hydrogens is 753 g/mol. The first-order chi connectivity index (χ1) is 30.5. The number of allylic oxidation sites excluding steroid dienone is 1. The molecule has 0 saturated heterocycles. The van der Waals surface area contributed by atoms with E-state index in [9.17, 15) is 0 Å². The van der Waals surface area contributed by atoms with E-state index in [-0.39, 0.29) is 0 Å². The van der Waals surface area contributed by atoms with Crippen LogP contribution in [0.3, 0.4) is 0 Å². The molecule has 0 unspecified atom stereocenters. The topological polar surface area (TPSA) is 40.8 Å². The SMILES string of the molecule is C/C=C\c1c(N)n(-c2ccc(-c3ccc(CCCC)cc3)cc2)c2ccc(-c3ccccc3-n3c4ccccc4c4cc(-n5c6ccccc6c6cc(C)ccc65)ccc43)cc12. The van der Waals surface area contributed by atoms with Crippen LogP contribution in [0.15, 0.2) is 182 Å². The van der Waals surface area contributed by atoms with E-state index >= 15 is 0 Å². The van der Waals surface area contributed by atoms with Gasteiger partial charge in [0.2, 0.25) is 0 Å². The molecule has 2 N–H and O–H groups in total. The largest absolute Gasteiger partial charge is 0.384 e. The lowest BCUT2D eigenvalue weighted by molar-refractivity contribution is 0.795. The van der Waals surface area contributed by atoms with E-state index in [4.69, 9.17) is 5.73 Å². The summed E-state index contributed by atoms with van der Waals surface area (Å²) in [5.74, 6) is 0.730. The highest BCUT2D eigenvalue weighted by Crippen LogP contribution is 2.41. The van der Waals surface area contributed by atoms with Crippen molar-refractivity contribution in [3.63, 3.8) is 0 Å².